The van der Waals surface area contributed by atoms with Gasteiger partial charge in [-0.1, -0.05) is 49.7 Å². The van der Waals surface area contributed by atoms with Crippen LogP contribution in [-0.2, 0) is 22.5 Å². The zero-order chi connectivity index (χ0) is 24.2. The minimum Gasteiger partial charge on any atom is -0.449 e. The molecule has 1 N–H and O–H groups in total. The number of hydrogen-bond donors (Lipinski definition) is 1. The van der Waals surface area contributed by atoms with E-state index in [4.69, 9.17) is 21.3 Å². The molecule has 178 valence electrons. The largest absolute Gasteiger partial charge is 0.449 e. The van der Waals surface area contributed by atoms with Gasteiger partial charge in [-0.05, 0) is 50.1 Å². The van der Waals surface area contributed by atoms with Gasteiger partial charge in [-0.25, -0.2) is 4.79 Å². The van der Waals surface area contributed by atoms with Gasteiger partial charge in [0, 0.05) is 46.9 Å². The Kier molecular flexibility index (Phi) is 7.49. The molecule has 0 fully saturated rings. The Morgan fingerprint density at radius 2 is 1.97 bits per heavy atom. The van der Waals surface area contributed by atoms with Crippen LogP contribution < -0.4 is 5.32 Å². The molecule has 0 bridgehead atoms. The molecule has 1 atom stereocenters. The third kappa shape index (κ3) is 4.93. The first-order valence-electron chi connectivity index (χ1n) is 11.8. The van der Waals surface area contributed by atoms with Crippen LogP contribution in [-0.4, -0.2) is 41.0 Å². The topological polar surface area (TPSA) is 71.5 Å². The molecule has 34 heavy (non-hydrogen) atoms. The molecular formula is C27H30ClN3O3. The first-order chi connectivity index (χ1) is 16.4. The van der Waals surface area contributed by atoms with Crippen molar-refractivity contribution < 1.29 is 14.3 Å². The molecule has 2 aromatic carbocycles. The lowest BCUT2D eigenvalue weighted by atomic mass is 9.95. The molecule has 1 aliphatic heterocycles. The molecule has 7 heteroatoms. The number of rotatable bonds is 7. The highest BCUT2D eigenvalue weighted by Crippen LogP contribution is 2.30. The number of aromatic nitrogens is 1. The number of hydrogen-bond acceptors (Lipinski definition) is 5. The normalized spacial score (nSPS) is 14.5. The van der Waals surface area contributed by atoms with E-state index >= 15 is 0 Å². The summed E-state index contributed by atoms with van der Waals surface area (Å²) in [6.45, 7) is 8.33. The van der Waals surface area contributed by atoms with Crippen LogP contribution in [0.25, 0.3) is 10.9 Å². The number of carbonyl (C=O) groups excluding carboxylic acids is 2. The highest BCUT2D eigenvalue weighted by Gasteiger charge is 2.29. The van der Waals surface area contributed by atoms with Gasteiger partial charge >= 0.3 is 5.97 Å². The van der Waals surface area contributed by atoms with Gasteiger partial charge in [-0.2, -0.15) is 0 Å². The first-order valence-corrected chi connectivity index (χ1v) is 12.2. The Morgan fingerprint density at radius 1 is 1.18 bits per heavy atom. The summed E-state index contributed by atoms with van der Waals surface area (Å²) < 4.78 is 5.83. The smallest absolute Gasteiger partial charge is 0.340 e. The zero-order valence-corrected chi connectivity index (χ0v) is 20.6. The van der Waals surface area contributed by atoms with Gasteiger partial charge in [-0.15, -0.1) is 0 Å². The monoisotopic (exact) mass is 479 g/mol. The molecule has 1 unspecified atom stereocenters. The lowest BCUT2D eigenvalue weighted by Gasteiger charge is -2.30. The van der Waals surface area contributed by atoms with Crippen molar-refractivity contribution in [2.75, 3.05) is 18.4 Å². The van der Waals surface area contributed by atoms with Crippen molar-refractivity contribution in [3.05, 3.63) is 69.9 Å². The maximum absolute atomic E-state index is 13.6. The Bertz CT molecular complexity index is 1230. The third-order valence-electron chi connectivity index (χ3n) is 6.31. The van der Waals surface area contributed by atoms with E-state index in [1.807, 2.05) is 38.1 Å². The van der Waals surface area contributed by atoms with Crippen molar-refractivity contribution in [1.29, 1.82) is 0 Å². The number of esters is 1. The van der Waals surface area contributed by atoms with E-state index in [1.165, 1.54) is 0 Å². The maximum Gasteiger partial charge on any atom is 0.340 e. The van der Waals surface area contributed by atoms with Crippen molar-refractivity contribution >= 4 is 40.1 Å². The maximum atomic E-state index is 13.6. The summed E-state index contributed by atoms with van der Waals surface area (Å²) in [5, 5.41) is 4.18. The highest BCUT2D eigenvalue weighted by atomic mass is 35.5. The minimum atomic E-state index is -0.927. The molecule has 2 heterocycles. The van der Waals surface area contributed by atoms with Crippen LogP contribution in [0, 0.1) is 6.92 Å². The Balaban J connectivity index is 1.64. The number of fused-ring (bicyclic) bond motifs is 2. The fraction of sp³-hybridized carbons (Fsp3) is 0.370. The van der Waals surface area contributed by atoms with Crippen molar-refractivity contribution in [2.24, 2.45) is 0 Å². The van der Waals surface area contributed by atoms with Gasteiger partial charge in [0.15, 0.2) is 6.10 Å². The van der Waals surface area contributed by atoms with E-state index in [0.717, 1.165) is 53.7 Å². The highest BCUT2D eigenvalue weighted by molar-refractivity contribution is 6.31. The zero-order valence-electron chi connectivity index (χ0n) is 19.9. The van der Waals surface area contributed by atoms with Crippen LogP contribution in [0.1, 0.15) is 53.9 Å². The van der Waals surface area contributed by atoms with Crippen LogP contribution in [0.4, 0.5) is 5.69 Å². The summed E-state index contributed by atoms with van der Waals surface area (Å²) in [5.41, 5.74) is 4.50. The number of nitrogens with one attached hydrogen (secondary N) is 1. The molecule has 1 aliphatic rings. The van der Waals surface area contributed by atoms with Crippen LogP contribution in [0.2, 0.25) is 5.02 Å². The van der Waals surface area contributed by atoms with Gasteiger partial charge < -0.3 is 10.1 Å². The van der Waals surface area contributed by atoms with Crippen molar-refractivity contribution in [1.82, 2.24) is 9.88 Å². The van der Waals surface area contributed by atoms with Crippen LogP contribution in [0.15, 0.2) is 42.5 Å². The molecule has 0 saturated carbocycles. The van der Waals surface area contributed by atoms with E-state index in [1.54, 1.807) is 18.2 Å². The number of halogens is 1. The van der Waals surface area contributed by atoms with Crippen LogP contribution in [0.3, 0.4) is 0 Å². The number of ether oxygens (including phenoxy) is 1. The summed E-state index contributed by atoms with van der Waals surface area (Å²) in [6.07, 6.45) is 1.25. The molecule has 0 saturated heterocycles. The Labute approximate surface area is 205 Å². The Morgan fingerprint density at radius 3 is 2.74 bits per heavy atom. The first kappa shape index (κ1) is 24.2. The van der Waals surface area contributed by atoms with Gasteiger partial charge in [0.05, 0.1) is 11.1 Å². The number of nitrogens with zero attached hydrogens (tertiary/aromatic N) is 2. The average molecular weight is 480 g/mol. The third-order valence-corrected chi connectivity index (χ3v) is 6.72. The number of pyridine rings is 1. The SMILES string of the molecule is CCCN1CCc2nc3ccccc3c(C(=O)OC(CC)C(=O)Nc3cccc(Cl)c3C)c2C1. The quantitative estimate of drug-likeness (QED) is 0.450. The van der Waals surface area contributed by atoms with E-state index in [2.05, 4.69) is 17.1 Å². The number of amides is 1. The van der Waals surface area contributed by atoms with Crippen molar-refractivity contribution in [3.63, 3.8) is 0 Å². The second-order valence-corrected chi connectivity index (χ2v) is 9.07. The summed E-state index contributed by atoms with van der Waals surface area (Å²) in [4.78, 5) is 33.8. The minimum absolute atomic E-state index is 0.352. The fourth-order valence-electron chi connectivity index (χ4n) is 4.45. The molecule has 1 aromatic heterocycles. The predicted molar refractivity (Wildman–Crippen MR) is 135 cm³/mol. The molecule has 1 amide bonds. The van der Waals surface area contributed by atoms with Crippen molar-refractivity contribution in [3.8, 4) is 0 Å². The fourth-order valence-corrected chi connectivity index (χ4v) is 4.63. The number of benzene rings is 2. The molecule has 6 nitrogen and oxygen atoms in total. The van der Waals surface area contributed by atoms with Gasteiger partial charge in [0.2, 0.25) is 0 Å². The molecule has 0 spiro atoms. The van der Waals surface area contributed by atoms with Crippen molar-refractivity contribution in [2.45, 2.75) is 52.7 Å². The second kappa shape index (κ2) is 10.5. The molecule has 0 radical (unpaired) electrons. The number of carbonyl (C=O) groups is 2. The summed E-state index contributed by atoms with van der Waals surface area (Å²) in [7, 11) is 0. The van der Waals surface area contributed by atoms with Crippen LogP contribution in [0.5, 0.6) is 0 Å². The lowest BCUT2D eigenvalue weighted by Crippen LogP contribution is -2.35. The predicted octanol–water partition coefficient (Wildman–Crippen LogP) is 5.54. The van der Waals surface area contributed by atoms with Crippen LogP contribution >= 0.6 is 11.6 Å². The molecular weight excluding hydrogens is 450 g/mol. The van der Waals surface area contributed by atoms with E-state index in [9.17, 15) is 9.59 Å². The standard InChI is InChI=1S/C27H30ClN3O3/c1-4-14-31-15-13-23-19(16-31)25(18-9-6-7-11-22(18)29-23)27(33)34-24(5-2)26(32)30-21-12-8-10-20(28)17(21)3/h6-12,24H,4-5,13-16H2,1-3H3,(H,30,32). The second-order valence-electron chi connectivity index (χ2n) is 8.66. The molecule has 4 rings (SSSR count). The summed E-state index contributed by atoms with van der Waals surface area (Å²) in [6, 6.07) is 12.9. The van der Waals surface area contributed by atoms with E-state index in [0.29, 0.717) is 29.2 Å². The van der Waals surface area contributed by atoms with Gasteiger partial charge in [0.1, 0.15) is 0 Å². The molecule has 3 aromatic rings. The number of anilines is 1. The van der Waals surface area contributed by atoms with Gasteiger partial charge in [-0.3, -0.25) is 14.7 Å². The van der Waals surface area contributed by atoms with Gasteiger partial charge in [0.25, 0.3) is 5.91 Å². The molecule has 0 aliphatic carbocycles. The van der Waals surface area contributed by atoms with E-state index < -0.39 is 12.1 Å². The number of para-hydroxylation sites is 1. The average Bonchev–Trinajstić information content (AvgIpc) is 2.83. The summed E-state index contributed by atoms with van der Waals surface area (Å²) >= 11 is 6.19. The lowest BCUT2D eigenvalue weighted by molar-refractivity contribution is -0.124. The summed E-state index contributed by atoms with van der Waals surface area (Å²) in [5.74, 6) is -0.862. The Hall–Kier alpha value is -2.96. The van der Waals surface area contributed by atoms with E-state index in [-0.39, 0.29) is 5.91 Å².